The Balaban J connectivity index is 1.67. The van der Waals surface area contributed by atoms with Crippen molar-refractivity contribution in [2.45, 2.75) is 19.5 Å². The summed E-state index contributed by atoms with van der Waals surface area (Å²) >= 11 is 0. The highest BCUT2D eigenvalue weighted by Crippen LogP contribution is 2.26. The highest BCUT2D eigenvalue weighted by molar-refractivity contribution is 5.94. The molecular weight excluding hydrogens is 373 g/mol. The lowest BCUT2D eigenvalue weighted by Gasteiger charge is -2.29. The lowest BCUT2D eigenvalue weighted by atomic mass is 10.1. The number of carbonyl (C=O) groups is 2. The van der Waals surface area contributed by atoms with Gasteiger partial charge in [0.25, 0.3) is 0 Å². The molecule has 0 aliphatic carbocycles. The maximum absolute atomic E-state index is 14.1. The van der Waals surface area contributed by atoms with Gasteiger partial charge in [0.05, 0.1) is 29.9 Å². The molecule has 1 atom stereocenters. The molecule has 0 saturated heterocycles. The van der Waals surface area contributed by atoms with E-state index >= 15 is 0 Å². The van der Waals surface area contributed by atoms with E-state index in [1.807, 2.05) is 6.07 Å². The first kappa shape index (κ1) is 19.2. The van der Waals surface area contributed by atoms with E-state index in [0.29, 0.717) is 5.56 Å². The molecule has 9 heteroatoms. The standard InChI is InChI=1S/C19H15F3N4O2/c1-10(13-3-2-11(7-23)4-14(13)20)24-18(27)9-26-8-12-5-15(21)16(22)6-17(12)25-19(26)28/h2-6,10H,8-9H2,1H3,(H,24,27)(H,25,28)/t10-/m1/s1. The van der Waals surface area contributed by atoms with Crippen molar-refractivity contribution in [3.63, 3.8) is 0 Å². The first-order valence-corrected chi connectivity index (χ1v) is 8.31. The maximum atomic E-state index is 14.1. The molecule has 2 aromatic carbocycles. The SMILES string of the molecule is C[C@@H](NC(=O)CN1Cc2cc(F)c(F)cc2NC1=O)c1ccc(C#N)cc1F. The number of halogens is 3. The van der Waals surface area contributed by atoms with Crippen molar-refractivity contribution >= 4 is 17.6 Å². The minimum Gasteiger partial charge on any atom is -0.348 e. The molecule has 3 amide bonds. The number of nitrogens with zero attached hydrogens (tertiary/aromatic N) is 2. The van der Waals surface area contributed by atoms with Gasteiger partial charge in [-0.1, -0.05) is 6.07 Å². The maximum Gasteiger partial charge on any atom is 0.322 e. The number of rotatable bonds is 4. The second-order valence-electron chi connectivity index (χ2n) is 6.35. The smallest absolute Gasteiger partial charge is 0.322 e. The second kappa shape index (κ2) is 7.60. The number of nitriles is 1. The molecule has 2 N–H and O–H groups in total. The molecule has 0 aromatic heterocycles. The van der Waals surface area contributed by atoms with Crippen LogP contribution < -0.4 is 10.6 Å². The van der Waals surface area contributed by atoms with Crippen LogP contribution in [0.1, 0.15) is 29.7 Å². The molecular formula is C19H15F3N4O2. The number of anilines is 1. The average molecular weight is 388 g/mol. The number of urea groups is 1. The topological polar surface area (TPSA) is 85.2 Å². The molecule has 0 bridgehead atoms. The van der Waals surface area contributed by atoms with E-state index in [2.05, 4.69) is 10.6 Å². The fourth-order valence-electron chi connectivity index (χ4n) is 2.92. The zero-order valence-electron chi connectivity index (χ0n) is 14.7. The monoisotopic (exact) mass is 388 g/mol. The molecule has 0 unspecified atom stereocenters. The number of hydrogen-bond donors (Lipinski definition) is 2. The summed E-state index contributed by atoms with van der Waals surface area (Å²) in [4.78, 5) is 25.5. The van der Waals surface area contributed by atoms with Gasteiger partial charge in [0.1, 0.15) is 12.4 Å². The van der Waals surface area contributed by atoms with Gasteiger partial charge in [0.15, 0.2) is 11.6 Å². The fourth-order valence-corrected chi connectivity index (χ4v) is 2.92. The predicted molar refractivity (Wildman–Crippen MR) is 93.5 cm³/mol. The van der Waals surface area contributed by atoms with E-state index in [1.165, 1.54) is 12.1 Å². The van der Waals surface area contributed by atoms with E-state index in [4.69, 9.17) is 5.26 Å². The average Bonchev–Trinajstić information content (AvgIpc) is 2.63. The molecule has 1 aliphatic rings. The lowest BCUT2D eigenvalue weighted by Crippen LogP contribution is -2.45. The molecule has 0 fully saturated rings. The molecule has 0 saturated carbocycles. The van der Waals surface area contributed by atoms with Crippen LogP contribution in [0.15, 0.2) is 30.3 Å². The second-order valence-corrected chi connectivity index (χ2v) is 6.35. The summed E-state index contributed by atoms with van der Waals surface area (Å²) in [6.45, 7) is 1.13. The van der Waals surface area contributed by atoms with Crippen LogP contribution in [0.2, 0.25) is 0 Å². The van der Waals surface area contributed by atoms with E-state index in [-0.39, 0.29) is 29.9 Å². The van der Waals surface area contributed by atoms with Crippen LogP contribution in [-0.4, -0.2) is 23.4 Å². The molecule has 1 aliphatic heterocycles. The van der Waals surface area contributed by atoms with Crippen molar-refractivity contribution in [2.75, 3.05) is 11.9 Å². The molecule has 144 valence electrons. The number of hydrogen-bond acceptors (Lipinski definition) is 3. The third-order valence-electron chi connectivity index (χ3n) is 4.34. The molecule has 0 radical (unpaired) electrons. The van der Waals surface area contributed by atoms with Gasteiger partial charge in [0.2, 0.25) is 5.91 Å². The van der Waals surface area contributed by atoms with Crippen molar-refractivity contribution in [3.05, 3.63) is 64.5 Å². The largest absolute Gasteiger partial charge is 0.348 e. The van der Waals surface area contributed by atoms with Crippen LogP contribution in [0.25, 0.3) is 0 Å². The van der Waals surface area contributed by atoms with Gasteiger partial charge in [-0.15, -0.1) is 0 Å². The van der Waals surface area contributed by atoms with Gasteiger partial charge in [0, 0.05) is 11.6 Å². The normalized spacial score (nSPS) is 14.0. The first-order valence-electron chi connectivity index (χ1n) is 8.31. The highest BCUT2D eigenvalue weighted by Gasteiger charge is 2.26. The van der Waals surface area contributed by atoms with Crippen LogP contribution in [0.5, 0.6) is 0 Å². The van der Waals surface area contributed by atoms with Crippen LogP contribution in [-0.2, 0) is 11.3 Å². The van der Waals surface area contributed by atoms with Crippen LogP contribution in [0.4, 0.5) is 23.7 Å². The van der Waals surface area contributed by atoms with E-state index < -0.39 is 35.4 Å². The van der Waals surface area contributed by atoms with Crippen LogP contribution >= 0.6 is 0 Å². The van der Waals surface area contributed by atoms with Crippen LogP contribution in [0.3, 0.4) is 0 Å². The number of benzene rings is 2. The first-order chi connectivity index (χ1) is 13.3. The van der Waals surface area contributed by atoms with E-state index in [9.17, 15) is 22.8 Å². The Morgan fingerprint density at radius 2 is 1.96 bits per heavy atom. The van der Waals surface area contributed by atoms with Crippen LogP contribution in [0, 0.1) is 28.8 Å². The van der Waals surface area contributed by atoms with Crippen molar-refractivity contribution in [2.24, 2.45) is 0 Å². The summed E-state index contributed by atoms with van der Waals surface area (Å²) in [5, 5.41) is 13.7. The third kappa shape index (κ3) is 3.91. The highest BCUT2D eigenvalue weighted by atomic mass is 19.2. The van der Waals surface area contributed by atoms with Gasteiger partial charge < -0.3 is 15.5 Å². The third-order valence-corrected chi connectivity index (χ3v) is 4.34. The fraction of sp³-hybridized carbons (Fsp3) is 0.211. The van der Waals surface area contributed by atoms with Crippen molar-refractivity contribution in [1.29, 1.82) is 5.26 Å². The number of nitrogens with one attached hydrogen (secondary N) is 2. The van der Waals surface area contributed by atoms with Gasteiger partial charge in [-0.25, -0.2) is 18.0 Å². The van der Waals surface area contributed by atoms with Gasteiger partial charge in [-0.2, -0.15) is 5.26 Å². The predicted octanol–water partition coefficient (Wildman–Crippen LogP) is 3.20. The molecule has 28 heavy (non-hydrogen) atoms. The van der Waals surface area contributed by atoms with Gasteiger partial charge in [-0.3, -0.25) is 4.79 Å². The van der Waals surface area contributed by atoms with E-state index in [1.54, 1.807) is 6.92 Å². The van der Waals surface area contributed by atoms with Gasteiger partial charge in [-0.05, 0) is 30.7 Å². The molecule has 6 nitrogen and oxygen atoms in total. The number of carbonyl (C=O) groups excluding carboxylic acids is 2. The molecule has 2 aromatic rings. The zero-order valence-corrected chi connectivity index (χ0v) is 14.7. The van der Waals surface area contributed by atoms with Gasteiger partial charge >= 0.3 is 6.03 Å². The minimum atomic E-state index is -1.08. The quantitative estimate of drug-likeness (QED) is 0.844. The Bertz CT molecular complexity index is 1000. The minimum absolute atomic E-state index is 0.0780. The summed E-state index contributed by atoms with van der Waals surface area (Å²) in [7, 11) is 0. The Labute approximate surface area is 158 Å². The Hall–Kier alpha value is -3.54. The van der Waals surface area contributed by atoms with E-state index in [0.717, 1.165) is 23.1 Å². The summed E-state index contributed by atoms with van der Waals surface area (Å²) in [6.07, 6.45) is 0. The Morgan fingerprint density at radius 3 is 2.64 bits per heavy atom. The summed E-state index contributed by atoms with van der Waals surface area (Å²) in [5.74, 6) is -3.32. The molecule has 3 rings (SSSR count). The van der Waals surface area contributed by atoms with Crippen molar-refractivity contribution < 1.29 is 22.8 Å². The number of amides is 3. The zero-order chi connectivity index (χ0) is 20.4. The number of fused-ring (bicyclic) bond motifs is 1. The van der Waals surface area contributed by atoms with Crippen molar-refractivity contribution in [1.82, 2.24) is 10.2 Å². The Morgan fingerprint density at radius 1 is 1.25 bits per heavy atom. The molecule has 0 spiro atoms. The molecule has 1 heterocycles. The summed E-state index contributed by atoms with van der Waals surface area (Å²) < 4.78 is 40.7. The summed E-state index contributed by atoms with van der Waals surface area (Å²) in [5.41, 5.74) is 0.830. The Kier molecular flexibility index (Phi) is 5.22. The lowest BCUT2D eigenvalue weighted by molar-refractivity contribution is -0.122. The van der Waals surface area contributed by atoms with Crippen molar-refractivity contribution in [3.8, 4) is 6.07 Å². The summed E-state index contributed by atoms with van der Waals surface area (Å²) in [6, 6.07) is 6.24.